The van der Waals surface area contributed by atoms with Gasteiger partial charge in [0.05, 0.1) is 11.1 Å². The van der Waals surface area contributed by atoms with Gasteiger partial charge in [-0.15, -0.1) is 11.3 Å². The van der Waals surface area contributed by atoms with E-state index in [0.717, 1.165) is 41.9 Å². The minimum Gasteiger partial charge on any atom is -0.342 e. The number of likely N-dealkylation sites (tertiary alicyclic amines) is 1. The van der Waals surface area contributed by atoms with Crippen LogP contribution in [0.2, 0.25) is 0 Å². The summed E-state index contributed by atoms with van der Waals surface area (Å²) < 4.78 is 1.69. The van der Waals surface area contributed by atoms with Crippen molar-refractivity contribution in [3.63, 3.8) is 0 Å². The summed E-state index contributed by atoms with van der Waals surface area (Å²) in [4.78, 5) is 33.1. The summed E-state index contributed by atoms with van der Waals surface area (Å²) >= 11 is 2.86. The molecule has 5 nitrogen and oxygen atoms in total. The molecule has 0 N–H and O–H groups in total. The van der Waals surface area contributed by atoms with E-state index in [2.05, 4.69) is 0 Å². The maximum Gasteiger partial charge on any atom is 0.263 e. The highest BCUT2D eigenvalue weighted by atomic mass is 32.2. The number of carbonyl (C=O) groups is 1. The Morgan fingerprint density at radius 3 is 2.64 bits per heavy atom. The van der Waals surface area contributed by atoms with Crippen LogP contribution in [0.25, 0.3) is 21.3 Å². The molecule has 2 aromatic heterocycles. The summed E-state index contributed by atoms with van der Waals surface area (Å²) in [5.41, 5.74) is 1.93. The molecular formula is C21H23N3O2S2. The molecule has 3 aromatic rings. The molecule has 0 spiro atoms. The number of thioether (sulfide) groups is 1. The van der Waals surface area contributed by atoms with E-state index in [-0.39, 0.29) is 11.5 Å². The quantitative estimate of drug-likeness (QED) is 0.463. The van der Waals surface area contributed by atoms with Gasteiger partial charge in [0.2, 0.25) is 5.91 Å². The number of fused-ring (bicyclic) bond motifs is 1. The summed E-state index contributed by atoms with van der Waals surface area (Å²) in [7, 11) is 0. The van der Waals surface area contributed by atoms with Crippen LogP contribution in [0.15, 0.2) is 45.7 Å². The number of carbonyl (C=O) groups excluding carboxylic acids is 1. The largest absolute Gasteiger partial charge is 0.342 e. The summed E-state index contributed by atoms with van der Waals surface area (Å²) in [5.74, 6) is 0.465. The molecule has 1 fully saturated rings. The molecule has 0 radical (unpaired) electrons. The molecule has 146 valence electrons. The maximum atomic E-state index is 13.2. The second-order valence-corrected chi connectivity index (χ2v) is 8.67. The number of aromatic nitrogens is 2. The van der Waals surface area contributed by atoms with E-state index in [1.807, 2.05) is 47.5 Å². The average molecular weight is 414 g/mol. The Morgan fingerprint density at radius 2 is 1.93 bits per heavy atom. The van der Waals surface area contributed by atoms with Gasteiger partial charge in [0.25, 0.3) is 5.56 Å². The van der Waals surface area contributed by atoms with Crippen molar-refractivity contribution in [1.82, 2.24) is 14.5 Å². The second kappa shape index (κ2) is 8.49. The van der Waals surface area contributed by atoms with Gasteiger partial charge in [0.1, 0.15) is 4.83 Å². The van der Waals surface area contributed by atoms with E-state index in [9.17, 15) is 9.59 Å². The van der Waals surface area contributed by atoms with Crippen LogP contribution in [-0.2, 0) is 11.3 Å². The van der Waals surface area contributed by atoms with Crippen molar-refractivity contribution in [2.45, 2.75) is 37.9 Å². The lowest BCUT2D eigenvalue weighted by Crippen LogP contribution is -2.36. The molecule has 1 aliphatic heterocycles. The Balaban J connectivity index is 1.64. The summed E-state index contributed by atoms with van der Waals surface area (Å²) in [6.45, 7) is 4.17. The minimum atomic E-state index is -0.0273. The van der Waals surface area contributed by atoms with Crippen molar-refractivity contribution >= 4 is 39.2 Å². The molecule has 0 aliphatic carbocycles. The Bertz CT molecular complexity index is 1040. The summed E-state index contributed by atoms with van der Waals surface area (Å²) in [6.07, 6.45) is 3.36. The monoisotopic (exact) mass is 413 g/mol. The Labute approximate surface area is 172 Å². The smallest absolute Gasteiger partial charge is 0.263 e. The highest BCUT2D eigenvalue weighted by molar-refractivity contribution is 7.99. The molecule has 28 heavy (non-hydrogen) atoms. The molecule has 1 aromatic carbocycles. The van der Waals surface area contributed by atoms with Crippen molar-refractivity contribution in [3.05, 3.63) is 46.1 Å². The zero-order chi connectivity index (χ0) is 19.5. The predicted octanol–water partition coefficient (Wildman–Crippen LogP) is 4.25. The van der Waals surface area contributed by atoms with E-state index in [1.165, 1.54) is 29.5 Å². The number of hydrogen-bond donors (Lipinski definition) is 0. The fourth-order valence-corrected chi connectivity index (χ4v) is 5.54. The lowest BCUT2D eigenvalue weighted by Gasteiger charge is -2.26. The zero-order valence-corrected chi connectivity index (χ0v) is 17.5. The third kappa shape index (κ3) is 3.73. The fourth-order valence-electron chi connectivity index (χ4n) is 3.59. The van der Waals surface area contributed by atoms with Gasteiger partial charge in [-0.2, -0.15) is 0 Å². The normalized spacial score (nSPS) is 14.5. The molecule has 3 heterocycles. The van der Waals surface area contributed by atoms with Gasteiger partial charge in [-0.25, -0.2) is 4.98 Å². The van der Waals surface area contributed by atoms with E-state index in [4.69, 9.17) is 4.98 Å². The minimum absolute atomic E-state index is 0.0273. The first-order chi connectivity index (χ1) is 13.7. The van der Waals surface area contributed by atoms with E-state index in [0.29, 0.717) is 22.8 Å². The number of nitrogens with zero attached hydrogens (tertiary/aromatic N) is 3. The van der Waals surface area contributed by atoms with E-state index >= 15 is 0 Å². The molecule has 4 rings (SSSR count). The van der Waals surface area contributed by atoms with Gasteiger partial charge in [0.15, 0.2) is 5.16 Å². The molecule has 1 aliphatic rings. The van der Waals surface area contributed by atoms with Crippen molar-refractivity contribution < 1.29 is 4.79 Å². The van der Waals surface area contributed by atoms with Crippen LogP contribution in [0, 0.1) is 0 Å². The van der Waals surface area contributed by atoms with Crippen LogP contribution in [0.3, 0.4) is 0 Å². The number of hydrogen-bond acceptors (Lipinski definition) is 5. The van der Waals surface area contributed by atoms with Gasteiger partial charge < -0.3 is 4.90 Å². The predicted molar refractivity (Wildman–Crippen MR) is 116 cm³/mol. The van der Waals surface area contributed by atoms with Gasteiger partial charge in [-0.3, -0.25) is 14.2 Å². The average Bonchev–Trinajstić information content (AvgIpc) is 3.17. The van der Waals surface area contributed by atoms with Crippen molar-refractivity contribution in [3.8, 4) is 11.1 Å². The molecule has 0 unspecified atom stereocenters. The zero-order valence-electron chi connectivity index (χ0n) is 15.9. The number of rotatable bonds is 5. The third-order valence-corrected chi connectivity index (χ3v) is 6.93. The second-order valence-electron chi connectivity index (χ2n) is 6.87. The number of piperidine rings is 1. The fraction of sp³-hybridized carbons (Fsp3) is 0.381. The van der Waals surface area contributed by atoms with Gasteiger partial charge in [0, 0.05) is 30.6 Å². The van der Waals surface area contributed by atoms with Crippen molar-refractivity contribution in [2.24, 2.45) is 0 Å². The van der Waals surface area contributed by atoms with Gasteiger partial charge in [-0.1, -0.05) is 42.1 Å². The standard InChI is InChI=1S/C21H23N3O2S2/c1-2-24-20(26)18-16(15-9-5-3-6-10-15)13-27-19(18)22-21(24)28-14-17(25)23-11-7-4-8-12-23/h3,5-6,9-10,13H,2,4,7-8,11-12,14H2,1H3. The van der Waals surface area contributed by atoms with Crippen LogP contribution in [0.5, 0.6) is 0 Å². The summed E-state index contributed by atoms with van der Waals surface area (Å²) in [5, 5.41) is 3.30. The topological polar surface area (TPSA) is 55.2 Å². The molecule has 7 heteroatoms. The molecular weight excluding hydrogens is 390 g/mol. The first-order valence-electron chi connectivity index (χ1n) is 9.67. The Hall–Kier alpha value is -2.12. The van der Waals surface area contributed by atoms with Crippen LogP contribution in [0.1, 0.15) is 26.2 Å². The van der Waals surface area contributed by atoms with Crippen LogP contribution in [-0.4, -0.2) is 39.2 Å². The van der Waals surface area contributed by atoms with E-state index in [1.54, 1.807) is 4.57 Å². The Morgan fingerprint density at radius 1 is 1.18 bits per heavy atom. The summed E-state index contributed by atoms with van der Waals surface area (Å²) in [6, 6.07) is 9.94. The molecule has 1 saturated heterocycles. The molecule has 0 bridgehead atoms. The van der Waals surface area contributed by atoms with Crippen LogP contribution >= 0.6 is 23.1 Å². The van der Waals surface area contributed by atoms with E-state index < -0.39 is 0 Å². The number of benzene rings is 1. The molecule has 0 saturated carbocycles. The van der Waals surface area contributed by atoms with Crippen LogP contribution < -0.4 is 5.56 Å². The SMILES string of the molecule is CCn1c(SCC(=O)N2CCCCC2)nc2scc(-c3ccccc3)c2c1=O. The lowest BCUT2D eigenvalue weighted by atomic mass is 10.1. The van der Waals surface area contributed by atoms with Crippen molar-refractivity contribution in [2.75, 3.05) is 18.8 Å². The first kappa shape index (κ1) is 19.2. The van der Waals surface area contributed by atoms with Crippen LogP contribution in [0.4, 0.5) is 0 Å². The lowest BCUT2D eigenvalue weighted by molar-refractivity contribution is -0.129. The maximum absolute atomic E-state index is 13.2. The Kier molecular flexibility index (Phi) is 5.82. The van der Waals surface area contributed by atoms with Gasteiger partial charge >= 0.3 is 0 Å². The first-order valence-corrected chi connectivity index (χ1v) is 11.5. The highest BCUT2D eigenvalue weighted by Crippen LogP contribution is 2.32. The number of thiophene rings is 1. The highest BCUT2D eigenvalue weighted by Gasteiger charge is 2.20. The third-order valence-electron chi connectivity index (χ3n) is 5.09. The molecule has 0 atom stereocenters. The molecule has 1 amide bonds. The number of amides is 1. The van der Waals surface area contributed by atoms with Crippen molar-refractivity contribution in [1.29, 1.82) is 0 Å². The van der Waals surface area contributed by atoms with Gasteiger partial charge in [-0.05, 0) is 31.7 Å².